The topological polar surface area (TPSA) is 109 Å². The summed E-state index contributed by atoms with van der Waals surface area (Å²) in [5.74, 6) is 3.55. The van der Waals surface area contributed by atoms with Gasteiger partial charge < -0.3 is 34.3 Å². The Kier molecular flexibility index (Phi) is 6.86. The second-order valence-electron chi connectivity index (χ2n) is 8.20. The van der Waals surface area contributed by atoms with Crippen molar-refractivity contribution in [1.82, 2.24) is 15.0 Å². The number of methoxy groups -OCH3 is 5. The van der Waals surface area contributed by atoms with Gasteiger partial charge in [0.2, 0.25) is 11.7 Å². The maximum Gasteiger partial charge on any atom is 0.229 e. The fourth-order valence-corrected chi connectivity index (χ4v) is 4.18. The molecule has 2 heterocycles. The summed E-state index contributed by atoms with van der Waals surface area (Å²) in [6, 6.07) is 17.0. The second kappa shape index (κ2) is 10.6. The van der Waals surface area contributed by atoms with Gasteiger partial charge in [0.25, 0.3) is 0 Å². The van der Waals surface area contributed by atoms with Gasteiger partial charge in [-0.25, -0.2) is 4.98 Å². The van der Waals surface area contributed by atoms with E-state index in [1.807, 2.05) is 42.5 Å². The minimum absolute atomic E-state index is 0.392. The van der Waals surface area contributed by atoms with Crippen LogP contribution < -0.4 is 34.3 Å². The van der Waals surface area contributed by atoms with E-state index in [2.05, 4.69) is 15.6 Å². The molecule has 38 heavy (non-hydrogen) atoms. The third-order valence-corrected chi connectivity index (χ3v) is 5.99. The predicted molar refractivity (Wildman–Crippen MR) is 147 cm³/mol. The maximum absolute atomic E-state index is 5.53. The molecule has 3 aromatic carbocycles. The summed E-state index contributed by atoms with van der Waals surface area (Å²) in [5.41, 5.74) is 3.05. The van der Waals surface area contributed by atoms with Gasteiger partial charge in [-0.15, -0.1) is 0 Å². The number of ether oxygens (including phenoxy) is 5. The number of hydrogen-bond donors (Lipinski definition) is 2. The molecule has 10 heteroatoms. The normalized spacial score (nSPS) is 10.8. The number of aromatic nitrogens is 3. The zero-order chi connectivity index (χ0) is 26.6. The Morgan fingerprint density at radius 3 is 2.00 bits per heavy atom. The number of anilines is 4. The van der Waals surface area contributed by atoms with Gasteiger partial charge in [-0.05, 0) is 30.3 Å². The van der Waals surface area contributed by atoms with Gasteiger partial charge in [-0.2, -0.15) is 4.98 Å². The summed E-state index contributed by atoms with van der Waals surface area (Å²) in [4.78, 5) is 13.9. The van der Waals surface area contributed by atoms with Crippen LogP contribution in [0, 0.1) is 0 Å². The van der Waals surface area contributed by atoms with Gasteiger partial charge in [0, 0.05) is 46.5 Å². The van der Waals surface area contributed by atoms with Crippen LogP contribution in [-0.2, 0) is 0 Å². The van der Waals surface area contributed by atoms with Crippen molar-refractivity contribution < 1.29 is 23.7 Å². The first-order valence-corrected chi connectivity index (χ1v) is 11.7. The molecule has 0 saturated heterocycles. The molecule has 10 nitrogen and oxygen atoms in total. The van der Waals surface area contributed by atoms with Crippen LogP contribution in [0.2, 0.25) is 0 Å². The van der Waals surface area contributed by atoms with Gasteiger partial charge in [0.1, 0.15) is 5.82 Å². The number of fused-ring (bicyclic) bond motifs is 2. The van der Waals surface area contributed by atoms with Crippen LogP contribution in [0.5, 0.6) is 28.7 Å². The molecule has 0 atom stereocenters. The highest BCUT2D eigenvalue weighted by Gasteiger charge is 2.17. The van der Waals surface area contributed by atoms with Crippen LogP contribution in [0.25, 0.3) is 21.8 Å². The van der Waals surface area contributed by atoms with E-state index in [0.717, 1.165) is 22.0 Å². The van der Waals surface area contributed by atoms with Gasteiger partial charge >= 0.3 is 0 Å². The fraction of sp³-hybridized carbons (Fsp3) is 0.179. The molecule has 0 saturated carbocycles. The molecule has 5 aromatic rings. The molecule has 0 fully saturated rings. The van der Waals surface area contributed by atoms with Crippen LogP contribution in [-0.4, -0.2) is 50.5 Å². The molecule has 0 bridgehead atoms. The molecule has 0 aliphatic carbocycles. The summed E-state index contributed by atoms with van der Waals surface area (Å²) in [7, 11) is 7.87. The Hall–Kier alpha value is -4.99. The smallest absolute Gasteiger partial charge is 0.229 e. The van der Waals surface area contributed by atoms with E-state index in [1.54, 1.807) is 53.9 Å². The lowest BCUT2D eigenvalue weighted by molar-refractivity contribution is 0.324. The van der Waals surface area contributed by atoms with Gasteiger partial charge in [0.05, 0.1) is 46.6 Å². The average Bonchev–Trinajstić information content (AvgIpc) is 2.95. The van der Waals surface area contributed by atoms with E-state index in [4.69, 9.17) is 33.7 Å². The maximum atomic E-state index is 5.53. The summed E-state index contributed by atoms with van der Waals surface area (Å²) in [5, 5.41) is 8.42. The highest BCUT2D eigenvalue weighted by Crippen LogP contribution is 2.42. The molecule has 194 valence electrons. The first kappa shape index (κ1) is 24.7. The minimum atomic E-state index is 0.392. The SMILES string of the molecule is COc1cc2nc(Nc3ccc4ncccc4c3)nc(Nc3cc(OC)c(OC)c(OC)c3)c2cc1OC. The van der Waals surface area contributed by atoms with Crippen LogP contribution >= 0.6 is 0 Å². The second-order valence-corrected chi connectivity index (χ2v) is 8.20. The number of benzene rings is 3. The van der Waals surface area contributed by atoms with Crippen LogP contribution in [0.3, 0.4) is 0 Å². The van der Waals surface area contributed by atoms with Crippen molar-refractivity contribution in [3.05, 3.63) is 60.8 Å². The zero-order valence-corrected chi connectivity index (χ0v) is 21.7. The quantitative estimate of drug-likeness (QED) is 0.254. The molecule has 0 amide bonds. The molecule has 0 aliphatic rings. The molecular weight excluding hydrogens is 486 g/mol. The zero-order valence-electron chi connectivity index (χ0n) is 21.7. The molecule has 5 rings (SSSR count). The highest BCUT2D eigenvalue weighted by molar-refractivity contribution is 5.95. The standard InChI is InChI=1S/C28H27N5O5/c1-34-22-14-19-21(15-23(22)35-2)32-28(31-17-8-9-20-16(11-17)7-6-10-29-20)33-27(19)30-18-12-24(36-3)26(38-5)25(13-18)37-4/h6-15H,1-5H3,(H2,30,31,32,33). The molecular formula is C28H27N5O5. The lowest BCUT2D eigenvalue weighted by Crippen LogP contribution is -2.04. The van der Waals surface area contributed by atoms with Crippen LogP contribution in [0.15, 0.2) is 60.8 Å². The van der Waals surface area contributed by atoms with E-state index in [1.165, 1.54) is 0 Å². The summed E-state index contributed by atoms with van der Waals surface area (Å²) >= 11 is 0. The summed E-state index contributed by atoms with van der Waals surface area (Å²) < 4.78 is 27.5. The number of rotatable bonds is 9. The van der Waals surface area contributed by atoms with Gasteiger partial charge in [0.15, 0.2) is 23.0 Å². The average molecular weight is 514 g/mol. The van der Waals surface area contributed by atoms with Gasteiger partial charge in [-0.1, -0.05) is 6.07 Å². The lowest BCUT2D eigenvalue weighted by Gasteiger charge is -2.17. The number of pyridine rings is 1. The third kappa shape index (κ3) is 4.71. The molecule has 0 spiro atoms. The first-order valence-electron chi connectivity index (χ1n) is 11.7. The van der Waals surface area contributed by atoms with Gasteiger partial charge in [-0.3, -0.25) is 4.98 Å². The number of hydrogen-bond acceptors (Lipinski definition) is 10. The molecule has 0 radical (unpaired) electrons. The largest absolute Gasteiger partial charge is 0.493 e. The van der Waals surface area contributed by atoms with E-state index in [0.29, 0.717) is 51.7 Å². The van der Waals surface area contributed by atoms with E-state index in [-0.39, 0.29) is 0 Å². The third-order valence-electron chi connectivity index (χ3n) is 5.99. The van der Waals surface area contributed by atoms with Crippen molar-refractivity contribution in [3.63, 3.8) is 0 Å². The monoisotopic (exact) mass is 513 g/mol. The van der Waals surface area contributed by atoms with E-state index >= 15 is 0 Å². The van der Waals surface area contributed by atoms with Crippen molar-refractivity contribution in [2.45, 2.75) is 0 Å². The van der Waals surface area contributed by atoms with Crippen molar-refractivity contribution in [2.24, 2.45) is 0 Å². The Bertz CT molecular complexity index is 1600. The van der Waals surface area contributed by atoms with Crippen LogP contribution in [0.4, 0.5) is 23.1 Å². The Morgan fingerprint density at radius 2 is 1.32 bits per heavy atom. The number of nitrogens with zero attached hydrogens (tertiary/aromatic N) is 3. The Balaban J connectivity index is 1.62. The molecule has 0 aliphatic heterocycles. The van der Waals surface area contributed by atoms with Crippen molar-refractivity contribution in [1.29, 1.82) is 0 Å². The predicted octanol–water partition coefficient (Wildman–Crippen LogP) is 5.71. The Morgan fingerprint density at radius 1 is 0.605 bits per heavy atom. The molecule has 0 unspecified atom stereocenters. The summed E-state index contributed by atoms with van der Waals surface area (Å²) in [6.07, 6.45) is 1.77. The summed E-state index contributed by atoms with van der Waals surface area (Å²) in [6.45, 7) is 0. The highest BCUT2D eigenvalue weighted by atomic mass is 16.5. The van der Waals surface area contributed by atoms with E-state index < -0.39 is 0 Å². The van der Waals surface area contributed by atoms with Crippen molar-refractivity contribution in [3.8, 4) is 28.7 Å². The molecule has 2 aromatic heterocycles. The van der Waals surface area contributed by atoms with Crippen molar-refractivity contribution in [2.75, 3.05) is 46.2 Å². The number of nitrogens with one attached hydrogen (secondary N) is 2. The van der Waals surface area contributed by atoms with E-state index in [9.17, 15) is 0 Å². The lowest BCUT2D eigenvalue weighted by atomic mass is 10.2. The Labute approximate surface area is 219 Å². The fourth-order valence-electron chi connectivity index (χ4n) is 4.18. The van der Waals surface area contributed by atoms with Crippen LogP contribution in [0.1, 0.15) is 0 Å². The van der Waals surface area contributed by atoms with Crippen molar-refractivity contribution >= 4 is 44.9 Å². The molecule has 2 N–H and O–H groups in total. The minimum Gasteiger partial charge on any atom is -0.493 e. The first-order chi connectivity index (χ1) is 18.6.